The monoisotopic (exact) mass is 374 g/mol. The maximum Gasteiger partial charge on any atom is 0.227 e. The average molecular weight is 374 g/mol. The third-order valence-electron chi connectivity index (χ3n) is 4.35. The smallest absolute Gasteiger partial charge is 0.227 e. The van der Waals surface area contributed by atoms with Gasteiger partial charge in [-0.3, -0.25) is 0 Å². The van der Waals surface area contributed by atoms with Crippen molar-refractivity contribution in [2.45, 2.75) is 18.9 Å². The Morgan fingerprint density at radius 1 is 1.11 bits per heavy atom. The number of hydrogen-bond acceptors (Lipinski definition) is 8. The molecule has 0 saturated carbocycles. The van der Waals surface area contributed by atoms with Crippen LogP contribution < -0.4 is 10.1 Å². The van der Waals surface area contributed by atoms with Gasteiger partial charge in [-0.1, -0.05) is 0 Å². The zero-order valence-corrected chi connectivity index (χ0v) is 15.1. The summed E-state index contributed by atoms with van der Waals surface area (Å²) >= 11 is 0. The lowest BCUT2D eigenvalue weighted by Gasteiger charge is -2.23. The number of nitrogens with zero attached hydrogens (tertiary/aromatic N) is 5. The van der Waals surface area contributed by atoms with Crippen LogP contribution in [-0.2, 0) is 4.74 Å². The van der Waals surface area contributed by atoms with E-state index < -0.39 is 0 Å². The second kappa shape index (κ2) is 8.41. The summed E-state index contributed by atoms with van der Waals surface area (Å²) in [4.78, 5) is 8.75. The number of aromatic nitrogens is 4. The molecule has 8 heteroatoms. The number of hydrogen-bond donors (Lipinski definition) is 1. The van der Waals surface area contributed by atoms with Gasteiger partial charge in [-0.25, -0.2) is 9.97 Å². The molecule has 0 unspecified atom stereocenters. The van der Waals surface area contributed by atoms with Crippen LogP contribution in [-0.4, -0.2) is 39.5 Å². The molecule has 1 aliphatic rings. The van der Waals surface area contributed by atoms with E-state index >= 15 is 0 Å². The topological polar surface area (TPSA) is 106 Å². The molecule has 0 aliphatic carbocycles. The summed E-state index contributed by atoms with van der Waals surface area (Å²) in [5, 5.41) is 20.2. The van der Waals surface area contributed by atoms with Crippen molar-refractivity contribution < 1.29 is 9.47 Å². The summed E-state index contributed by atoms with van der Waals surface area (Å²) in [5.74, 6) is 1.03. The minimum absolute atomic E-state index is 0.0792. The van der Waals surface area contributed by atoms with Crippen molar-refractivity contribution in [1.29, 1.82) is 5.26 Å². The van der Waals surface area contributed by atoms with Crippen LogP contribution in [0.1, 0.15) is 18.4 Å². The molecule has 3 heterocycles. The number of nitrogens with one attached hydrogen (secondary N) is 1. The number of nitriles is 1. The fraction of sp³-hybridized carbons (Fsp3) is 0.250. The highest BCUT2D eigenvalue weighted by molar-refractivity contribution is 5.65. The lowest BCUT2D eigenvalue weighted by molar-refractivity contribution is 0.0254. The molecule has 8 nitrogen and oxygen atoms in total. The lowest BCUT2D eigenvalue weighted by atomic mass is 10.1. The zero-order chi connectivity index (χ0) is 19.2. The van der Waals surface area contributed by atoms with Crippen molar-refractivity contribution in [2.24, 2.45) is 0 Å². The predicted octanol–water partition coefficient (Wildman–Crippen LogP) is 3.11. The molecule has 4 rings (SSSR count). The van der Waals surface area contributed by atoms with Crippen LogP contribution in [0.15, 0.2) is 48.9 Å². The molecular formula is C20H18N6O2. The third-order valence-corrected chi connectivity index (χ3v) is 4.35. The number of rotatable bonds is 5. The van der Waals surface area contributed by atoms with Crippen LogP contribution in [0.25, 0.3) is 11.3 Å². The van der Waals surface area contributed by atoms with Crippen molar-refractivity contribution in [1.82, 2.24) is 20.2 Å². The van der Waals surface area contributed by atoms with E-state index in [9.17, 15) is 5.26 Å². The van der Waals surface area contributed by atoms with E-state index in [1.54, 1.807) is 36.8 Å². The van der Waals surface area contributed by atoms with E-state index in [0.29, 0.717) is 36.2 Å². The molecule has 1 aromatic carbocycles. The first-order chi connectivity index (χ1) is 13.8. The Morgan fingerprint density at radius 2 is 2.00 bits per heavy atom. The van der Waals surface area contributed by atoms with Crippen molar-refractivity contribution in [3.63, 3.8) is 0 Å². The quantitative estimate of drug-likeness (QED) is 0.726. The largest absolute Gasteiger partial charge is 0.489 e. The van der Waals surface area contributed by atoms with Crippen LogP contribution in [0.5, 0.6) is 5.75 Å². The Bertz CT molecular complexity index is 983. The normalized spacial score (nSPS) is 14.2. The van der Waals surface area contributed by atoms with Crippen LogP contribution >= 0.6 is 0 Å². The van der Waals surface area contributed by atoms with Crippen LogP contribution in [0.4, 0.5) is 11.6 Å². The molecule has 1 saturated heterocycles. The van der Waals surface area contributed by atoms with Gasteiger partial charge >= 0.3 is 0 Å². The molecular weight excluding hydrogens is 356 g/mol. The van der Waals surface area contributed by atoms with Gasteiger partial charge < -0.3 is 14.8 Å². The summed E-state index contributed by atoms with van der Waals surface area (Å²) in [5.41, 5.74) is 2.74. The molecule has 1 fully saturated rings. The van der Waals surface area contributed by atoms with Crippen molar-refractivity contribution in [3.05, 3.63) is 54.5 Å². The fourth-order valence-corrected chi connectivity index (χ4v) is 2.93. The number of ether oxygens (including phenoxy) is 2. The van der Waals surface area contributed by atoms with Gasteiger partial charge in [0.2, 0.25) is 5.95 Å². The second-order valence-electron chi connectivity index (χ2n) is 6.27. The standard InChI is InChI=1S/C20H18N6O2/c21-12-15-11-14(1-2-19(15)28-17-5-9-27-10-6-17)18-4-7-22-20(26-18)25-16-3-8-23-24-13-16/h1-4,7-8,11,13,17H,5-6,9-10H2,(H,22,23,25,26). The minimum Gasteiger partial charge on any atom is -0.489 e. The van der Waals surface area contributed by atoms with E-state index in [1.807, 2.05) is 12.1 Å². The molecule has 3 aromatic rings. The summed E-state index contributed by atoms with van der Waals surface area (Å²) in [6, 6.07) is 11.3. The first-order valence-electron chi connectivity index (χ1n) is 8.97. The van der Waals surface area contributed by atoms with E-state index in [-0.39, 0.29) is 6.10 Å². The summed E-state index contributed by atoms with van der Waals surface area (Å²) in [6.07, 6.45) is 6.58. The van der Waals surface area contributed by atoms with Crippen molar-refractivity contribution in [2.75, 3.05) is 18.5 Å². The molecule has 2 aromatic heterocycles. The number of benzene rings is 1. The Hall–Kier alpha value is -3.57. The Balaban J connectivity index is 1.55. The summed E-state index contributed by atoms with van der Waals surface area (Å²) in [6.45, 7) is 1.38. The Kier molecular flexibility index (Phi) is 5.36. The fourth-order valence-electron chi connectivity index (χ4n) is 2.93. The molecule has 1 aliphatic heterocycles. The molecule has 0 atom stereocenters. The van der Waals surface area contributed by atoms with Gasteiger partial charge in [0.05, 0.1) is 42.6 Å². The molecule has 0 bridgehead atoms. The van der Waals surface area contributed by atoms with Crippen LogP contribution in [0.3, 0.4) is 0 Å². The molecule has 0 radical (unpaired) electrons. The SMILES string of the molecule is N#Cc1cc(-c2ccnc(Nc3ccnnc3)n2)ccc1OC1CCOCC1. The summed E-state index contributed by atoms with van der Waals surface area (Å²) < 4.78 is 11.4. The first kappa shape index (κ1) is 17.8. The van der Waals surface area contributed by atoms with Gasteiger partial charge in [0.25, 0.3) is 0 Å². The maximum atomic E-state index is 9.56. The first-order valence-corrected chi connectivity index (χ1v) is 8.97. The molecule has 1 N–H and O–H groups in total. The minimum atomic E-state index is 0.0792. The van der Waals surface area contributed by atoms with Crippen LogP contribution in [0.2, 0.25) is 0 Å². The zero-order valence-electron chi connectivity index (χ0n) is 15.1. The van der Waals surface area contributed by atoms with Gasteiger partial charge in [-0.15, -0.1) is 0 Å². The van der Waals surface area contributed by atoms with Gasteiger partial charge in [-0.2, -0.15) is 15.5 Å². The second-order valence-corrected chi connectivity index (χ2v) is 6.27. The van der Waals surface area contributed by atoms with Crippen molar-refractivity contribution >= 4 is 11.6 Å². The molecule has 0 spiro atoms. The van der Waals surface area contributed by atoms with Gasteiger partial charge in [-0.05, 0) is 30.3 Å². The van der Waals surface area contributed by atoms with Gasteiger partial charge in [0, 0.05) is 24.6 Å². The Labute approximate surface area is 162 Å². The Morgan fingerprint density at radius 3 is 2.79 bits per heavy atom. The molecule has 0 amide bonds. The molecule has 140 valence electrons. The third kappa shape index (κ3) is 4.22. The molecule has 28 heavy (non-hydrogen) atoms. The highest BCUT2D eigenvalue weighted by Crippen LogP contribution is 2.28. The maximum absolute atomic E-state index is 9.56. The van der Waals surface area contributed by atoms with E-state index in [0.717, 1.165) is 24.1 Å². The van der Waals surface area contributed by atoms with E-state index in [1.165, 1.54) is 0 Å². The summed E-state index contributed by atoms with van der Waals surface area (Å²) in [7, 11) is 0. The highest BCUT2D eigenvalue weighted by atomic mass is 16.5. The van der Waals surface area contributed by atoms with Crippen molar-refractivity contribution in [3.8, 4) is 23.1 Å². The van der Waals surface area contributed by atoms with Gasteiger partial charge in [0.15, 0.2) is 0 Å². The van der Waals surface area contributed by atoms with E-state index in [4.69, 9.17) is 9.47 Å². The van der Waals surface area contributed by atoms with Crippen LogP contribution in [0, 0.1) is 11.3 Å². The highest BCUT2D eigenvalue weighted by Gasteiger charge is 2.17. The predicted molar refractivity (Wildman–Crippen MR) is 102 cm³/mol. The number of anilines is 2. The van der Waals surface area contributed by atoms with Gasteiger partial charge in [0.1, 0.15) is 17.9 Å². The van der Waals surface area contributed by atoms with E-state index in [2.05, 4.69) is 31.6 Å². The lowest BCUT2D eigenvalue weighted by Crippen LogP contribution is -2.26. The average Bonchev–Trinajstić information content (AvgIpc) is 2.76.